The molecule has 0 spiro atoms. The van der Waals surface area contributed by atoms with Gasteiger partial charge in [0.2, 0.25) is 5.82 Å². The van der Waals surface area contributed by atoms with E-state index in [1.807, 2.05) is 13.0 Å². The molecule has 0 N–H and O–H groups in total. The summed E-state index contributed by atoms with van der Waals surface area (Å²) in [6.45, 7) is 2.29. The summed E-state index contributed by atoms with van der Waals surface area (Å²) in [6, 6.07) is 4.58. The van der Waals surface area contributed by atoms with Gasteiger partial charge in [0.05, 0.1) is 11.2 Å². The van der Waals surface area contributed by atoms with E-state index in [-0.39, 0.29) is 16.7 Å². The molecule has 0 radical (unpaired) electrons. The molecule has 0 bridgehead atoms. The molecule has 0 atom stereocenters. The van der Waals surface area contributed by atoms with Crippen LogP contribution in [0.3, 0.4) is 0 Å². The van der Waals surface area contributed by atoms with Crippen LogP contribution in [-0.4, -0.2) is 17.0 Å². The minimum atomic E-state index is -0.475. The Kier molecular flexibility index (Phi) is 3.71. The molecule has 0 aliphatic rings. The Morgan fingerprint density at radius 3 is 2.79 bits per heavy atom. The molecule has 0 unspecified atom stereocenters. The Bertz CT molecular complexity index is 612. The lowest BCUT2D eigenvalue weighted by atomic mass is 10.2. The second-order valence-electron chi connectivity index (χ2n) is 4.09. The number of nitro groups is 1. The van der Waals surface area contributed by atoms with Gasteiger partial charge in [0.1, 0.15) is 10.9 Å². The molecule has 6 nitrogen and oxygen atoms in total. The Balaban J connectivity index is 2.32. The zero-order valence-electron chi connectivity index (χ0n) is 10.5. The van der Waals surface area contributed by atoms with Crippen LogP contribution in [0.2, 0.25) is 5.15 Å². The second kappa shape index (κ2) is 5.27. The highest BCUT2D eigenvalue weighted by Crippen LogP contribution is 2.28. The number of furan rings is 1. The van der Waals surface area contributed by atoms with Crippen LogP contribution in [0.4, 0.5) is 11.5 Å². The summed E-state index contributed by atoms with van der Waals surface area (Å²) in [5.74, 6) is 1.01. The highest BCUT2D eigenvalue weighted by Gasteiger charge is 2.20. The van der Waals surface area contributed by atoms with E-state index in [1.165, 1.54) is 12.1 Å². The largest absolute Gasteiger partial charge is 0.469 e. The Morgan fingerprint density at radius 1 is 1.47 bits per heavy atom. The van der Waals surface area contributed by atoms with Crippen molar-refractivity contribution in [2.24, 2.45) is 0 Å². The van der Waals surface area contributed by atoms with Gasteiger partial charge < -0.3 is 9.32 Å². The monoisotopic (exact) mass is 281 g/mol. The van der Waals surface area contributed by atoms with E-state index in [2.05, 4.69) is 4.98 Å². The quantitative estimate of drug-likeness (QED) is 0.489. The lowest BCUT2D eigenvalue weighted by molar-refractivity contribution is -0.384. The molecule has 7 heteroatoms. The van der Waals surface area contributed by atoms with E-state index in [9.17, 15) is 10.1 Å². The van der Waals surface area contributed by atoms with E-state index >= 15 is 0 Å². The zero-order chi connectivity index (χ0) is 14.0. The average Bonchev–Trinajstić information content (AvgIpc) is 2.74. The van der Waals surface area contributed by atoms with Crippen LogP contribution < -0.4 is 4.90 Å². The van der Waals surface area contributed by atoms with Crippen molar-refractivity contribution in [2.75, 3.05) is 11.9 Å². The fraction of sp³-hybridized carbons (Fsp3) is 0.250. The van der Waals surface area contributed by atoms with E-state index in [1.54, 1.807) is 18.2 Å². The van der Waals surface area contributed by atoms with Crippen molar-refractivity contribution in [1.82, 2.24) is 4.98 Å². The fourth-order valence-electron chi connectivity index (χ4n) is 1.75. The first-order chi connectivity index (χ1) is 8.99. The van der Waals surface area contributed by atoms with E-state index in [0.29, 0.717) is 6.54 Å². The van der Waals surface area contributed by atoms with Crippen molar-refractivity contribution in [3.63, 3.8) is 0 Å². The molecule has 2 aromatic rings. The molecular formula is C12H12ClN3O3. The number of aryl methyl sites for hydroxylation is 1. The highest BCUT2D eigenvalue weighted by atomic mass is 35.5. The van der Waals surface area contributed by atoms with E-state index in [4.69, 9.17) is 16.0 Å². The number of rotatable bonds is 4. The van der Waals surface area contributed by atoms with Gasteiger partial charge in [0, 0.05) is 25.2 Å². The van der Waals surface area contributed by atoms with E-state index < -0.39 is 4.92 Å². The summed E-state index contributed by atoms with van der Waals surface area (Å²) >= 11 is 5.80. The summed E-state index contributed by atoms with van der Waals surface area (Å²) in [7, 11) is 1.72. The fourth-order valence-corrected chi connectivity index (χ4v) is 1.89. The van der Waals surface area contributed by atoms with E-state index in [0.717, 1.165) is 11.3 Å². The molecule has 0 amide bonds. The van der Waals surface area contributed by atoms with Crippen LogP contribution in [0.1, 0.15) is 11.3 Å². The molecule has 0 aliphatic carbocycles. The van der Waals surface area contributed by atoms with Crippen LogP contribution >= 0.6 is 11.6 Å². The maximum absolute atomic E-state index is 11.0. The van der Waals surface area contributed by atoms with Gasteiger partial charge in [-0.15, -0.1) is 0 Å². The first-order valence-electron chi connectivity index (χ1n) is 5.54. The molecule has 2 heterocycles. The lowest BCUT2D eigenvalue weighted by Gasteiger charge is -2.17. The van der Waals surface area contributed by atoms with Crippen molar-refractivity contribution in [2.45, 2.75) is 13.5 Å². The summed E-state index contributed by atoms with van der Waals surface area (Å²) in [4.78, 5) is 16.2. The number of aromatic nitrogens is 1. The van der Waals surface area contributed by atoms with Crippen LogP contribution in [0.15, 0.2) is 28.9 Å². The predicted octanol–water partition coefficient (Wildman–Crippen LogP) is 3.18. The summed E-state index contributed by atoms with van der Waals surface area (Å²) in [5, 5.41) is 11.2. The first kappa shape index (κ1) is 13.4. The molecule has 2 rings (SSSR count). The SMILES string of the molecule is Cc1occc1CN(C)c1nc(Cl)ccc1[N+](=O)[O-]. The molecule has 2 aromatic heterocycles. The van der Waals surface area contributed by atoms with Gasteiger partial charge >= 0.3 is 5.69 Å². The molecular weight excluding hydrogens is 270 g/mol. The molecule has 0 aromatic carbocycles. The maximum Gasteiger partial charge on any atom is 0.311 e. The molecule has 100 valence electrons. The third-order valence-electron chi connectivity index (χ3n) is 2.75. The van der Waals surface area contributed by atoms with Gasteiger partial charge in [0.15, 0.2) is 0 Å². The van der Waals surface area contributed by atoms with Crippen molar-refractivity contribution < 1.29 is 9.34 Å². The van der Waals surface area contributed by atoms with Gasteiger partial charge in [-0.3, -0.25) is 10.1 Å². The van der Waals surface area contributed by atoms with Gasteiger partial charge in [-0.1, -0.05) is 11.6 Å². The van der Waals surface area contributed by atoms with Crippen molar-refractivity contribution in [3.8, 4) is 0 Å². The first-order valence-corrected chi connectivity index (χ1v) is 5.92. The number of pyridine rings is 1. The number of anilines is 1. The van der Waals surface area contributed by atoms with Crippen LogP contribution in [-0.2, 0) is 6.54 Å². The van der Waals surface area contributed by atoms with Crippen molar-refractivity contribution >= 4 is 23.1 Å². The third-order valence-corrected chi connectivity index (χ3v) is 2.96. The second-order valence-corrected chi connectivity index (χ2v) is 4.48. The minimum Gasteiger partial charge on any atom is -0.469 e. The summed E-state index contributed by atoms with van der Waals surface area (Å²) in [6.07, 6.45) is 1.58. The number of hydrogen-bond acceptors (Lipinski definition) is 5. The van der Waals surface area contributed by atoms with Crippen molar-refractivity contribution in [1.29, 1.82) is 0 Å². The molecule has 0 saturated heterocycles. The summed E-state index contributed by atoms with van der Waals surface area (Å²) in [5.41, 5.74) is 0.867. The third kappa shape index (κ3) is 2.85. The van der Waals surface area contributed by atoms with Gasteiger partial charge in [-0.05, 0) is 19.1 Å². The molecule has 0 fully saturated rings. The van der Waals surface area contributed by atoms with Crippen LogP contribution in [0.5, 0.6) is 0 Å². The number of hydrogen-bond donors (Lipinski definition) is 0. The predicted molar refractivity (Wildman–Crippen MR) is 71.5 cm³/mol. The zero-order valence-corrected chi connectivity index (χ0v) is 11.2. The number of halogens is 1. The molecule has 0 aliphatic heterocycles. The Labute approximate surface area is 114 Å². The van der Waals surface area contributed by atoms with Crippen LogP contribution in [0.25, 0.3) is 0 Å². The lowest BCUT2D eigenvalue weighted by Crippen LogP contribution is -2.19. The average molecular weight is 282 g/mol. The smallest absolute Gasteiger partial charge is 0.311 e. The summed E-state index contributed by atoms with van der Waals surface area (Å²) < 4.78 is 5.20. The molecule has 19 heavy (non-hydrogen) atoms. The number of nitrogens with zero attached hydrogens (tertiary/aromatic N) is 3. The van der Waals surface area contributed by atoms with Gasteiger partial charge in [-0.2, -0.15) is 0 Å². The van der Waals surface area contributed by atoms with Gasteiger partial charge in [-0.25, -0.2) is 4.98 Å². The maximum atomic E-state index is 11.0. The molecule has 0 saturated carbocycles. The Hall–Kier alpha value is -2.08. The Morgan fingerprint density at radius 2 is 2.21 bits per heavy atom. The van der Waals surface area contributed by atoms with Crippen molar-refractivity contribution in [3.05, 3.63) is 51.1 Å². The van der Waals surface area contributed by atoms with Gasteiger partial charge in [0.25, 0.3) is 0 Å². The topological polar surface area (TPSA) is 72.4 Å². The minimum absolute atomic E-state index is 0.0759. The normalized spacial score (nSPS) is 10.5. The van der Waals surface area contributed by atoms with Crippen LogP contribution in [0, 0.1) is 17.0 Å². The standard InChI is InChI=1S/C12H12ClN3O3/c1-8-9(5-6-19-8)7-15(2)12-10(16(17)18)3-4-11(13)14-12/h3-6H,7H2,1-2H3. The highest BCUT2D eigenvalue weighted by molar-refractivity contribution is 6.29.